The van der Waals surface area contributed by atoms with Gasteiger partial charge in [0.25, 0.3) is 0 Å². The Morgan fingerprint density at radius 3 is 2.75 bits per heavy atom. The van der Waals surface area contributed by atoms with Crippen LogP contribution in [0.3, 0.4) is 0 Å². The average Bonchev–Trinajstić information content (AvgIpc) is 2.01. The van der Waals surface area contributed by atoms with Crippen molar-refractivity contribution in [1.82, 2.24) is 4.90 Å². The van der Waals surface area contributed by atoms with Crippen molar-refractivity contribution < 1.29 is 0 Å². The van der Waals surface area contributed by atoms with E-state index in [1.807, 2.05) is 0 Å². The largest absolute Gasteiger partial charge is 0.303 e. The fraction of sp³-hybridized carbons (Fsp3) is 1.00. The zero-order valence-electron chi connectivity index (χ0n) is 8.84. The molecule has 0 saturated carbocycles. The molecule has 1 saturated heterocycles. The third-order valence-corrected chi connectivity index (χ3v) is 2.76. The van der Waals surface area contributed by atoms with Gasteiger partial charge in [0.15, 0.2) is 0 Å². The predicted octanol–water partition coefficient (Wildman–Crippen LogP) is 2.76. The van der Waals surface area contributed by atoms with E-state index >= 15 is 0 Å². The predicted molar refractivity (Wildman–Crippen MR) is 54.3 cm³/mol. The normalized spacial score (nSPS) is 26.5. The van der Waals surface area contributed by atoms with E-state index in [-0.39, 0.29) is 0 Å². The van der Waals surface area contributed by atoms with Crippen LogP contribution in [0.2, 0.25) is 0 Å². The minimum absolute atomic E-state index is 0.863. The molecule has 1 unspecified atom stereocenters. The zero-order chi connectivity index (χ0) is 8.97. The number of hydrogen-bond acceptors (Lipinski definition) is 1. The Kier molecular flexibility index (Phi) is 4.07. The van der Waals surface area contributed by atoms with Crippen LogP contribution in [0.15, 0.2) is 0 Å². The molecule has 0 spiro atoms. The molecule has 0 radical (unpaired) electrons. The van der Waals surface area contributed by atoms with Gasteiger partial charge in [-0.15, -0.1) is 0 Å². The van der Waals surface area contributed by atoms with Crippen LogP contribution in [0.25, 0.3) is 0 Å². The van der Waals surface area contributed by atoms with Crippen LogP contribution in [0.1, 0.15) is 40.0 Å². The number of hydrogen-bond donors (Lipinski definition) is 0. The molecular formula is C11H23N. The number of piperidine rings is 1. The molecule has 0 aliphatic carbocycles. The summed E-state index contributed by atoms with van der Waals surface area (Å²) >= 11 is 0. The number of nitrogens with zero attached hydrogens (tertiary/aromatic N) is 1. The molecule has 1 heterocycles. The molecule has 1 atom stereocenters. The summed E-state index contributed by atoms with van der Waals surface area (Å²) < 4.78 is 0. The highest BCUT2D eigenvalue weighted by Gasteiger charge is 2.15. The van der Waals surface area contributed by atoms with Crippen LogP contribution in [-0.4, -0.2) is 24.5 Å². The van der Waals surface area contributed by atoms with Crippen molar-refractivity contribution in [2.75, 3.05) is 19.6 Å². The first kappa shape index (κ1) is 10.0. The molecule has 0 amide bonds. The van der Waals surface area contributed by atoms with Crippen LogP contribution in [0.4, 0.5) is 0 Å². The van der Waals surface area contributed by atoms with E-state index in [1.165, 1.54) is 38.9 Å². The molecule has 0 aromatic heterocycles. The highest BCUT2D eigenvalue weighted by atomic mass is 15.1. The lowest BCUT2D eigenvalue weighted by Gasteiger charge is -2.31. The third kappa shape index (κ3) is 3.57. The van der Waals surface area contributed by atoms with Crippen molar-refractivity contribution in [3.8, 4) is 0 Å². The smallest absolute Gasteiger partial charge is 0.000703 e. The first-order valence-corrected chi connectivity index (χ1v) is 5.41. The van der Waals surface area contributed by atoms with Crippen LogP contribution >= 0.6 is 0 Å². The molecular weight excluding hydrogens is 146 g/mol. The fourth-order valence-electron chi connectivity index (χ4n) is 1.93. The Labute approximate surface area is 77.1 Å². The Morgan fingerprint density at radius 2 is 2.17 bits per heavy atom. The van der Waals surface area contributed by atoms with Gasteiger partial charge in [0.05, 0.1) is 0 Å². The zero-order valence-corrected chi connectivity index (χ0v) is 8.84. The summed E-state index contributed by atoms with van der Waals surface area (Å²) in [6.07, 6.45) is 4.23. The van der Waals surface area contributed by atoms with Gasteiger partial charge in [0, 0.05) is 6.54 Å². The van der Waals surface area contributed by atoms with Gasteiger partial charge >= 0.3 is 0 Å². The van der Waals surface area contributed by atoms with Gasteiger partial charge in [-0.1, -0.05) is 20.8 Å². The van der Waals surface area contributed by atoms with Crippen LogP contribution in [0, 0.1) is 11.8 Å². The maximum absolute atomic E-state index is 2.63. The Morgan fingerprint density at radius 1 is 1.42 bits per heavy atom. The van der Waals surface area contributed by atoms with E-state index in [0.29, 0.717) is 0 Å². The van der Waals surface area contributed by atoms with Crippen molar-refractivity contribution in [3.05, 3.63) is 0 Å². The molecule has 0 aromatic rings. The monoisotopic (exact) mass is 169 g/mol. The third-order valence-electron chi connectivity index (χ3n) is 2.76. The molecule has 1 nitrogen and oxygen atoms in total. The average molecular weight is 169 g/mol. The second kappa shape index (κ2) is 4.86. The van der Waals surface area contributed by atoms with Crippen molar-refractivity contribution in [3.63, 3.8) is 0 Å². The minimum Gasteiger partial charge on any atom is -0.303 e. The molecule has 1 fully saturated rings. The van der Waals surface area contributed by atoms with E-state index < -0.39 is 0 Å². The quantitative estimate of drug-likeness (QED) is 0.628. The molecule has 1 aliphatic heterocycles. The van der Waals surface area contributed by atoms with Crippen molar-refractivity contribution in [2.45, 2.75) is 40.0 Å². The lowest BCUT2D eigenvalue weighted by Crippen LogP contribution is -2.35. The molecule has 1 heteroatoms. The maximum atomic E-state index is 2.63. The number of likely N-dealkylation sites (tertiary alicyclic amines) is 1. The molecule has 12 heavy (non-hydrogen) atoms. The molecule has 1 aliphatic rings. The van der Waals surface area contributed by atoms with Crippen molar-refractivity contribution in [2.24, 2.45) is 11.8 Å². The van der Waals surface area contributed by atoms with Gasteiger partial charge in [-0.2, -0.15) is 0 Å². The highest BCUT2D eigenvalue weighted by molar-refractivity contribution is 4.69. The Bertz CT molecular complexity index is 120. The van der Waals surface area contributed by atoms with Crippen LogP contribution < -0.4 is 0 Å². The second-order valence-electron chi connectivity index (χ2n) is 4.73. The lowest BCUT2D eigenvalue weighted by molar-refractivity contribution is 0.176. The minimum atomic E-state index is 0.863. The van der Waals surface area contributed by atoms with Gasteiger partial charge in [0.1, 0.15) is 0 Å². The van der Waals surface area contributed by atoms with Gasteiger partial charge in [-0.05, 0) is 44.2 Å². The SMILES string of the molecule is CC(C)CCN1CCCC(C)C1. The lowest BCUT2D eigenvalue weighted by atomic mass is 9.99. The standard InChI is InChI=1S/C11H23N/c1-10(2)6-8-12-7-4-5-11(3)9-12/h10-11H,4-9H2,1-3H3. The first-order valence-electron chi connectivity index (χ1n) is 5.41. The maximum Gasteiger partial charge on any atom is 0.000703 e. The van der Waals surface area contributed by atoms with E-state index in [9.17, 15) is 0 Å². The van der Waals surface area contributed by atoms with E-state index in [1.54, 1.807) is 0 Å². The summed E-state index contributed by atoms with van der Waals surface area (Å²) in [6.45, 7) is 11.0. The summed E-state index contributed by atoms with van der Waals surface area (Å²) in [6, 6.07) is 0. The fourth-order valence-corrected chi connectivity index (χ4v) is 1.93. The van der Waals surface area contributed by atoms with E-state index in [0.717, 1.165) is 11.8 Å². The van der Waals surface area contributed by atoms with Gasteiger partial charge in [0.2, 0.25) is 0 Å². The summed E-state index contributed by atoms with van der Waals surface area (Å²) in [7, 11) is 0. The second-order valence-corrected chi connectivity index (χ2v) is 4.73. The molecule has 72 valence electrons. The summed E-state index contributed by atoms with van der Waals surface area (Å²) in [5, 5.41) is 0. The summed E-state index contributed by atoms with van der Waals surface area (Å²) in [4.78, 5) is 2.63. The Balaban J connectivity index is 2.14. The summed E-state index contributed by atoms with van der Waals surface area (Å²) in [5.41, 5.74) is 0. The van der Waals surface area contributed by atoms with Crippen molar-refractivity contribution >= 4 is 0 Å². The van der Waals surface area contributed by atoms with Gasteiger partial charge < -0.3 is 4.90 Å². The van der Waals surface area contributed by atoms with Gasteiger partial charge in [-0.25, -0.2) is 0 Å². The highest BCUT2D eigenvalue weighted by Crippen LogP contribution is 2.16. The van der Waals surface area contributed by atoms with E-state index in [4.69, 9.17) is 0 Å². The molecule has 0 N–H and O–H groups in total. The topological polar surface area (TPSA) is 3.24 Å². The van der Waals surface area contributed by atoms with Gasteiger partial charge in [-0.3, -0.25) is 0 Å². The first-order chi connectivity index (χ1) is 5.68. The van der Waals surface area contributed by atoms with Crippen LogP contribution in [-0.2, 0) is 0 Å². The number of rotatable bonds is 3. The Hall–Kier alpha value is -0.0400. The molecule has 1 rings (SSSR count). The molecule has 0 bridgehead atoms. The molecule has 0 aromatic carbocycles. The van der Waals surface area contributed by atoms with Crippen LogP contribution in [0.5, 0.6) is 0 Å². The van der Waals surface area contributed by atoms with E-state index in [2.05, 4.69) is 25.7 Å². The van der Waals surface area contributed by atoms with Crippen molar-refractivity contribution in [1.29, 1.82) is 0 Å². The summed E-state index contributed by atoms with van der Waals surface area (Å²) in [5.74, 6) is 1.80.